The molecule has 1 fully saturated rings. The SMILES string of the molecule is CCN1CCOC(CNS(=O)(=O)c2ccccc2N)C1. The first-order valence-corrected chi connectivity index (χ1v) is 8.19. The van der Waals surface area contributed by atoms with Crippen molar-refractivity contribution in [1.29, 1.82) is 0 Å². The van der Waals surface area contributed by atoms with Crippen molar-refractivity contribution in [3.8, 4) is 0 Å². The van der Waals surface area contributed by atoms with E-state index < -0.39 is 10.0 Å². The first-order valence-electron chi connectivity index (χ1n) is 6.71. The zero-order valence-corrected chi connectivity index (χ0v) is 12.4. The Kier molecular flexibility index (Phi) is 4.98. The molecule has 1 aliphatic heterocycles. The van der Waals surface area contributed by atoms with Gasteiger partial charge in [-0.2, -0.15) is 0 Å². The fraction of sp³-hybridized carbons (Fsp3) is 0.538. The van der Waals surface area contributed by atoms with E-state index in [1.807, 2.05) is 0 Å². The molecule has 3 N–H and O–H groups in total. The molecular formula is C13H21N3O3S. The average molecular weight is 299 g/mol. The topological polar surface area (TPSA) is 84.7 Å². The number of sulfonamides is 1. The van der Waals surface area contributed by atoms with Crippen molar-refractivity contribution in [1.82, 2.24) is 9.62 Å². The van der Waals surface area contributed by atoms with Gasteiger partial charge in [-0.15, -0.1) is 0 Å². The van der Waals surface area contributed by atoms with Gasteiger partial charge in [0, 0.05) is 19.6 Å². The Morgan fingerprint density at radius 1 is 1.45 bits per heavy atom. The van der Waals surface area contributed by atoms with Crippen LogP contribution >= 0.6 is 0 Å². The highest BCUT2D eigenvalue weighted by Gasteiger charge is 2.23. The van der Waals surface area contributed by atoms with Gasteiger partial charge in [-0.3, -0.25) is 4.90 Å². The molecule has 1 aromatic carbocycles. The lowest BCUT2D eigenvalue weighted by Gasteiger charge is -2.32. The van der Waals surface area contributed by atoms with E-state index in [0.29, 0.717) is 6.61 Å². The van der Waals surface area contributed by atoms with Crippen LogP contribution in [0.1, 0.15) is 6.92 Å². The number of rotatable bonds is 5. The van der Waals surface area contributed by atoms with Gasteiger partial charge < -0.3 is 10.5 Å². The number of morpholine rings is 1. The van der Waals surface area contributed by atoms with Crippen LogP contribution in [0.2, 0.25) is 0 Å². The van der Waals surface area contributed by atoms with Crippen molar-refractivity contribution in [2.45, 2.75) is 17.9 Å². The van der Waals surface area contributed by atoms with E-state index in [0.717, 1.165) is 19.6 Å². The molecule has 0 spiro atoms. The Morgan fingerprint density at radius 3 is 2.90 bits per heavy atom. The predicted molar refractivity (Wildman–Crippen MR) is 77.9 cm³/mol. The standard InChI is InChI=1S/C13H21N3O3S/c1-2-16-7-8-19-11(10-16)9-15-20(17,18)13-6-4-3-5-12(13)14/h3-6,11,15H,2,7-10,14H2,1H3. The Labute approximate surface area is 120 Å². The van der Waals surface area contributed by atoms with Crippen LogP contribution in [0.5, 0.6) is 0 Å². The quantitative estimate of drug-likeness (QED) is 0.762. The van der Waals surface area contributed by atoms with Gasteiger partial charge in [-0.05, 0) is 18.7 Å². The molecule has 7 heteroatoms. The third kappa shape index (κ3) is 3.69. The van der Waals surface area contributed by atoms with Gasteiger partial charge in [0.25, 0.3) is 0 Å². The molecule has 0 aliphatic carbocycles. The number of benzene rings is 1. The lowest BCUT2D eigenvalue weighted by Crippen LogP contribution is -2.47. The van der Waals surface area contributed by atoms with Crippen LogP contribution in [0.4, 0.5) is 5.69 Å². The molecule has 20 heavy (non-hydrogen) atoms. The Morgan fingerprint density at radius 2 is 2.20 bits per heavy atom. The monoisotopic (exact) mass is 299 g/mol. The summed E-state index contributed by atoms with van der Waals surface area (Å²) in [5, 5.41) is 0. The number of ether oxygens (including phenoxy) is 1. The molecule has 1 aliphatic rings. The van der Waals surface area contributed by atoms with Crippen LogP contribution in [0.3, 0.4) is 0 Å². The number of hydrogen-bond donors (Lipinski definition) is 2. The normalized spacial score (nSPS) is 20.9. The highest BCUT2D eigenvalue weighted by molar-refractivity contribution is 7.89. The summed E-state index contributed by atoms with van der Waals surface area (Å²) >= 11 is 0. The number of likely N-dealkylation sites (N-methyl/N-ethyl adjacent to an activating group) is 1. The third-order valence-electron chi connectivity index (χ3n) is 3.38. The highest BCUT2D eigenvalue weighted by atomic mass is 32.2. The summed E-state index contributed by atoms with van der Waals surface area (Å²) in [7, 11) is -3.59. The maximum Gasteiger partial charge on any atom is 0.242 e. The molecule has 0 saturated carbocycles. The number of para-hydroxylation sites is 1. The molecule has 1 unspecified atom stereocenters. The van der Waals surface area contributed by atoms with Crippen LogP contribution < -0.4 is 10.5 Å². The van der Waals surface area contributed by atoms with Crippen LogP contribution in [0, 0.1) is 0 Å². The van der Waals surface area contributed by atoms with Crippen molar-refractivity contribution in [2.75, 3.05) is 38.5 Å². The predicted octanol–water partition coefficient (Wildman–Crippen LogP) is 0.268. The smallest absolute Gasteiger partial charge is 0.242 e. The summed E-state index contributed by atoms with van der Waals surface area (Å²) in [6, 6.07) is 6.43. The van der Waals surface area contributed by atoms with Crippen LogP contribution in [-0.2, 0) is 14.8 Å². The van der Waals surface area contributed by atoms with Gasteiger partial charge in [-0.25, -0.2) is 13.1 Å². The highest BCUT2D eigenvalue weighted by Crippen LogP contribution is 2.17. The maximum absolute atomic E-state index is 12.2. The zero-order chi connectivity index (χ0) is 14.6. The minimum absolute atomic E-state index is 0.114. The van der Waals surface area contributed by atoms with Gasteiger partial charge in [0.05, 0.1) is 18.4 Å². The molecule has 1 heterocycles. The summed E-state index contributed by atoms with van der Waals surface area (Å²) in [6.07, 6.45) is -0.122. The molecule has 1 aromatic rings. The Hall–Kier alpha value is -1.15. The fourth-order valence-electron chi connectivity index (χ4n) is 2.20. The second kappa shape index (κ2) is 6.53. The van der Waals surface area contributed by atoms with Gasteiger partial charge in [0.15, 0.2) is 0 Å². The van der Waals surface area contributed by atoms with E-state index in [2.05, 4.69) is 16.5 Å². The molecular weight excluding hydrogens is 278 g/mol. The van der Waals surface area contributed by atoms with Gasteiger partial charge in [-0.1, -0.05) is 19.1 Å². The Balaban J connectivity index is 1.98. The zero-order valence-electron chi connectivity index (χ0n) is 11.6. The number of hydrogen-bond acceptors (Lipinski definition) is 5. The summed E-state index contributed by atoms with van der Waals surface area (Å²) in [5.41, 5.74) is 5.95. The van der Waals surface area contributed by atoms with E-state index in [9.17, 15) is 8.42 Å². The summed E-state index contributed by atoms with van der Waals surface area (Å²) < 4.78 is 32.5. The van der Waals surface area contributed by atoms with E-state index in [-0.39, 0.29) is 23.2 Å². The first-order chi connectivity index (χ1) is 9.53. The number of nitrogens with zero attached hydrogens (tertiary/aromatic N) is 1. The molecule has 0 radical (unpaired) electrons. The van der Waals surface area contributed by atoms with E-state index in [4.69, 9.17) is 10.5 Å². The van der Waals surface area contributed by atoms with Crippen molar-refractivity contribution >= 4 is 15.7 Å². The second-order valence-corrected chi connectivity index (χ2v) is 6.51. The lowest BCUT2D eigenvalue weighted by atomic mass is 10.3. The van der Waals surface area contributed by atoms with Crippen molar-refractivity contribution in [3.05, 3.63) is 24.3 Å². The minimum atomic E-state index is -3.59. The number of nitrogens with one attached hydrogen (secondary N) is 1. The minimum Gasteiger partial charge on any atom is -0.398 e. The molecule has 1 saturated heterocycles. The third-order valence-corrected chi connectivity index (χ3v) is 4.88. The second-order valence-electron chi connectivity index (χ2n) is 4.78. The summed E-state index contributed by atoms with van der Waals surface area (Å²) in [4.78, 5) is 2.35. The van der Waals surface area contributed by atoms with Crippen LogP contribution in [0.25, 0.3) is 0 Å². The molecule has 1 atom stereocenters. The first kappa shape index (κ1) is 15.2. The fourth-order valence-corrected chi connectivity index (χ4v) is 3.39. The van der Waals surface area contributed by atoms with Crippen LogP contribution in [0.15, 0.2) is 29.2 Å². The van der Waals surface area contributed by atoms with Gasteiger partial charge >= 0.3 is 0 Å². The molecule has 0 aromatic heterocycles. The van der Waals surface area contributed by atoms with E-state index in [1.54, 1.807) is 18.2 Å². The average Bonchev–Trinajstić information content (AvgIpc) is 2.46. The molecule has 6 nitrogen and oxygen atoms in total. The maximum atomic E-state index is 12.2. The number of nitrogens with two attached hydrogens (primary N) is 1. The van der Waals surface area contributed by atoms with E-state index >= 15 is 0 Å². The summed E-state index contributed by atoms with van der Waals surface area (Å²) in [6.45, 7) is 5.55. The van der Waals surface area contributed by atoms with E-state index in [1.165, 1.54) is 6.07 Å². The van der Waals surface area contributed by atoms with Crippen molar-refractivity contribution < 1.29 is 13.2 Å². The van der Waals surface area contributed by atoms with Crippen molar-refractivity contribution in [3.63, 3.8) is 0 Å². The number of nitrogen functional groups attached to an aromatic ring is 1. The Bertz CT molecular complexity index is 548. The largest absolute Gasteiger partial charge is 0.398 e. The van der Waals surface area contributed by atoms with Gasteiger partial charge in [0.1, 0.15) is 4.90 Å². The molecule has 2 rings (SSSR count). The molecule has 112 valence electrons. The summed E-state index contributed by atoms with van der Waals surface area (Å²) in [5.74, 6) is 0. The number of anilines is 1. The molecule has 0 amide bonds. The molecule has 0 bridgehead atoms. The van der Waals surface area contributed by atoms with Gasteiger partial charge in [0.2, 0.25) is 10.0 Å². The van der Waals surface area contributed by atoms with Crippen LogP contribution in [-0.4, -0.2) is 52.2 Å². The van der Waals surface area contributed by atoms with Crippen molar-refractivity contribution in [2.24, 2.45) is 0 Å². The lowest BCUT2D eigenvalue weighted by molar-refractivity contribution is -0.0229.